The molecule has 6 heterocycles. The summed E-state index contributed by atoms with van der Waals surface area (Å²) in [5.74, 6) is 0.438. The zero-order chi connectivity index (χ0) is 31.4. The fraction of sp³-hybridized carbons (Fsp3) is 0.529. The fourth-order valence-electron chi connectivity index (χ4n) is 8.25. The van der Waals surface area contributed by atoms with Gasteiger partial charge in [-0.3, -0.25) is 10.00 Å². The summed E-state index contributed by atoms with van der Waals surface area (Å²) < 4.78 is 48.9. The van der Waals surface area contributed by atoms with E-state index in [0.29, 0.717) is 50.5 Å². The molecule has 1 N–H and O–H groups in total. The van der Waals surface area contributed by atoms with Crippen LogP contribution in [0.2, 0.25) is 0 Å². The minimum Gasteiger partial charge on any atom is -0.480 e. The van der Waals surface area contributed by atoms with Crippen LogP contribution in [0.4, 0.5) is 14.6 Å². The molecule has 2 atom stereocenters. The third-order valence-corrected chi connectivity index (χ3v) is 10.4. The molecule has 1 aliphatic carbocycles. The molecule has 0 bridgehead atoms. The van der Waals surface area contributed by atoms with Crippen LogP contribution in [0.25, 0.3) is 33.1 Å². The lowest BCUT2D eigenvalue weighted by molar-refractivity contribution is 0.108. The monoisotopic (exact) mass is 631 g/mol. The van der Waals surface area contributed by atoms with Crippen molar-refractivity contribution in [3.05, 3.63) is 41.1 Å². The number of fused-ring (bicyclic) bond motifs is 4. The molecule has 0 amide bonds. The third kappa shape index (κ3) is 4.79. The molecule has 46 heavy (non-hydrogen) atoms. The van der Waals surface area contributed by atoms with Crippen LogP contribution in [-0.4, -0.2) is 88.7 Å². The van der Waals surface area contributed by atoms with Crippen LogP contribution < -0.4 is 14.4 Å². The topological polar surface area (TPSA) is 102 Å². The Bertz CT molecular complexity index is 1840. The minimum absolute atomic E-state index is 0.0848. The smallest absolute Gasteiger partial charge is 0.319 e. The normalized spacial score (nSPS) is 24.5. The van der Waals surface area contributed by atoms with Gasteiger partial charge in [0.2, 0.25) is 5.88 Å². The number of rotatable bonds is 6. The predicted octanol–water partition coefficient (Wildman–Crippen LogP) is 5.85. The van der Waals surface area contributed by atoms with Gasteiger partial charge in [0.25, 0.3) is 0 Å². The molecule has 242 valence electrons. The minimum atomic E-state index is -0.548. The van der Waals surface area contributed by atoms with Gasteiger partial charge in [-0.25, -0.2) is 13.8 Å². The van der Waals surface area contributed by atoms with E-state index < -0.39 is 5.82 Å². The first-order chi connectivity index (χ1) is 22.5. The largest absolute Gasteiger partial charge is 0.480 e. The fourth-order valence-corrected chi connectivity index (χ4v) is 8.25. The van der Waals surface area contributed by atoms with Crippen LogP contribution in [0.3, 0.4) is 0 Å². The summed E-state index contributed by atoms with van der Waals surface area (Å²) in [4.78, 5) is 18.9. The highest BCUT2D eigenvalue weighted by atomic mass is 19.1. The van der Waals surface area contributed by atoms with Crippen molar-refractivity contribution in [2.24, 2.45) is 0 Å². The second kappa shape index (κ2) is 11.7. The number of nitrogens with zero attached hydrogens (tertiary/aromatic N) is 6. The first kappa shape index (κ1) is 29.5. The van der Waals surface area contributed by atoms with E-state index in [9.17, 15) is 4.39 Å². The Morgan fingerprint density at radius 3 is 2.93 bits per heavy atom. The van der Waals surface area contributed by atoms with Crippen molar-refractivity contribution in [1.29, 1.82) is 0 Å². The van der Waals surface area contributed by atoms with Crippen molar-refractivity contribution >= 4 is 27.6 Å². The van der Waals surface area contributed by atoms with Crippen LogP contribution in [0.1, 0.15) is 62.5 Å². The van der Waals surface area contributed by atoms with Gasteiger partial charge in [-0.15, -0.1) is 0 Å². The number of hydrogen-bond acceptors (Lipinski definition) is 9. The number of hydrogen-bond donors (Lipinski definition) is 1. The summed E-state index contributed by atoms with van der Waals surface area (Å²) in [6.07, 6.45) is 8.76. The number of anilines is 1. The molecular formula is C34H39F2N7O3. The van der Waals surface area contributed by atoms with E-state index in [2.05, 4.69) is 33.0 Å². The first-order valence-electron chi connectivity index (χ1n) is 16.4. The van der Waals surface area contributed by atoms with E-state index in [1.807, 2.05) is 0 Å². The third-order valence-electron chi connectivity index (χ3n) is 10.4. The second-order valence-electron chi connectivity index (χ2n) is 13.2. The molecule has 1 aromatic carbocycles. The van der Waals surface area contributed by atoms with E-state index in [1.165, 1.54) is 5.56 Å². The van der Waals surface area contributed by atoms with E-state index >= 15 is 4.39 Å². The number of benzene rings is 1. The second-order valence-corrected chi connectivity index (χ2v) is 13.2. The highest BCUT2D eigenvalue weighted by Gasteiger charge is 2.47. The quantitative estimate of drug-likeness (QED) is 0.281. The molecule has 3 aromatic heterocycles. The number of aromatic amines is 1. The van der Waals surface area contributed by atoms with Gasteiger partial charge >= 0.3 is 6.01 Å². The summed E-state index contributed by atoms with van der Waals surface area (Å²) in [7, 11) is 1.55. The van der Waals surface area contributed by atoms with Gasteiger partial charge in [-0.1, -0.05) is 6.92 Å². The van der Waals surface area contributed by atoms with Crippen LogP contribution in [0, 0.1) is 5.82 Å². The van der Waals surface area contributed by atoms with E-state index in [-0.39, 0.29) is 41.2 Å². The highest BCUT2D eigenvalue weighted by Crippen LogP contribution is 2.46. The van der Waals surface area contributed by atoms with E-state index in [1.54, 1.807) is 13.3 Å². The standard InChI is InChI=1S/C34H39F2N7O3/c1-20-6-3-7-22-14-24-23(17-37-41-24)26(25(20)22)29-28(36)30-27(32(38-29)44-2)31(42-9-5-12-45-13-11-42)40-33(39-30)46-19-34-8-4-10-43(34)18-21(15-34)16-35/h14,16-17,20H,3-13,15,18-19H2,1-2H3,(H,37,41)/b21-16+. The molecule has 10 nitrogen and oxygen atoms in total. The molecular weight excluding hydrogens is 592 g/mol. The Kier molecular flexibility index (Phi) is 7.51. The van der Waals surface area contributed by atoms with E-state index in [4.69, 9.17) is 29.2 Å². The van der Waals surface area contributed by atoms with Gasteiger partial charge in [-0.05, 0) is 80.2 Å². The molecule has 3 aliphatic heterocycles. The van der Waals surface area contributed by atoms with Crippen molar-refractivity contribution in [2.75, 3.05) is 58.0 Å². The molecule has 0 spiro atoms. The number of halogens is 2. The predicted molar refractivity (Wildman–Crippen MR) is 171 cm³/mol. The van der Waals surface area contributed by atoms with Crippen LogP contribution in [-0.2, 0) is 11.2 Å². The van der Waals surface area contributed by atoms with Gasteiger partial charge in [0.1, 0.15) is 29.0 Å². The number of ether oxygens (including phenoxy) is 3. The van der Waals surface area contributed by atoms with Crippen molar-refractivity contribution < 1.29 is 23.0 Å². The molecule has 8 rings (SSSR count). The molecule has 0 saturated carbocycles. The number of methoxy groups -OCH3 is 1. The molecule has 4 aromatic rings. The lowest BCUT2D eigenvalue weighted by atomic mass is 9.79. The Balaban J connectivity index is 1.31. The summed E-state index contributed by atoms with van der Waals surface area (Å²) in [5.41, 5.74) is 4.59. The van der Waals surface area contributed by atoms with Gasteiger partial charge in [0.05, 0.1) is 37.3 Å². The average Bonchev–Trinajstić information content (AvgIpc) is 3.71. The van der Waals surface area contributed by atoms with Crippen LogP contribution in [0.15, 0.2) is 24.2 Å². The maximum absolute atomic E-state index is 17.3. The van der Waals surface area contributed by atoms with Gasteiger partial charge < -0.3 is 19.1 Å². The summed E-state index contributed by atoms with van der Waals surface area (Å²) in [6, 6.07) is 2.22. The summed E-state index contributed by atoms with van der Waals surface area (Å²) in [5, 5.41) is 8.62. The maximum atomic E-state index is 17.3. The number of nitrogens with one attached hydrogen (secondary N) is 1. The number of H-pyrrole nitrogens is 1. The Hall–Kier alpha value is -3.90. The number of aromatic nitrogens is 5. The molecule has 3 fully saturated rings. The van der Waals surface area contributed by atoms with Crippen LogP contribution in [0.5, 0.6) is 11.9 Å². The van der Waals surface area contributed by atoms with Crippen molar-refractivity contribution in [3.8, 4) is 23.1 Å². The van der Waals surface area contributed by atoms with Gasteiger partial charge in [0, 0.05) is 37.2 Å². The van der Waals surface area contributed by atoms with Crippen molar-refractivity contribution in [3.63, 3.8) is 0 Å². The van der Waals surface area contributed by atoms with E-state index in [0.717, 1.165) is 79.0 Å². The number of pyridine rings is 1. The zero-order valence-electron chi connectivity index (χ0n) is 26.4. The van der Waals surface area contributed by atoms with Crippen molar-refractivity contribution in [1.82, 2.24) is 30.0 Å². The summed E-state index contributed by atoms with van der Waals surface area (Å²) >= 11 is 0. The Labute approximate surface area is 266 Å². The van der Waals surface area contributed by atoms with Crippen LogP contribution >= 0.6 is 0 Å². The molecule has 0 radical (unpaired) electrons. The maximum Gasteiger partial charge on any atom is 0.319 e. The van der Waals surface area contributed by atoms with Gasteiger partial charge in [0.15, 0.2) is 5.82 Å². The summed E-state index contributed by atoms with van der Waals surface area (Å²) in [6.45, 7) is 6.35. The lowest BCUT2D eigenvalue weighted by Crippen LogP contribution is -2.43. The van der Waals surface area contributed by atoms with Crippen molar-refractivity contribution in [2.45, 2.75) is 63.3 Å². The average molecular weight is 632 g/mol. The Morgan fingerprint density at radius 2 is 2.07 bits per heavy atom. The molecule has 3 saturated heterocycles. The zero-order valence-corrected chi connectivity index (χ0v) is 26.4. The van der Waals surface area contributed by atoms with Gasteiger partial charge in [-0.2, -0.15) is 15.1 Å². The Morgan fingerprint density at radius 1 is 1.15 bits per heavy atom. The number of aryl methyl sites for hydroxylation is 1. The lowest BCUT2D eigenvalue weighted by Gasteiger charge is -2.31. The SMILES string of the molecule is COc1nc(-c2c3c(cc4[nH]ncc24)CCCC3C)c(F)c2nc(OCC34CCCN3C/C(=C/F)C4)nc(N3CCCOCC3)c12. The first-order valence-corrected chi connectivity index (χ1v) is 16.4. The molecule has 2 unspecified atom stereocenters. The molecule has 12 heteroatoms. The molecule has 4 aliphatic rings. The highest BCUT2D eigenvalue weighted by molar-refractivity contribution is 6.01.